The average molecular weight is 416 g/mol. The van der Waals surface area contributed by atoms with E-state index < -0.39 is 9.84 Å². The number of hydrogen-bond acceptors (Lipinski definition) is 5. The molecule has 2 fully saturated rings. The topological polar surface area (TPSA) is 54.5 Å². The molecule has 0 aromatic heterocycles. The molecular formula is C20H17NO3S3. The highest BCUT2D eigenvalue weighted by atomic mass is 32.2. The van der Waals surface area contributed by atoms with Crippen LogP contribution in [0.3, 0.4) is 0 Å². The summed E-state index contributed by atoms with van der Waals surface area (Å²) in [5, 5.41) is 0. The van der Waals surface area contributed by atoms with Gasteiger partial charge >= 0.3 is 0 Å². The molecule has 2 aromatic carbocycles. The molecule has 1 unspecified atom stereocenters. The third kappa shape index (κ3) is 3.85. The van der Waals surface area contributed by atoms with Gasteiger partial charge in [0.15, 0.2) is 9.84 Å². The molecule has 138 valence electrons. The summed E-state index contributed by atoms with van der Waals surface area (Å²) < 4.78 is 23.9. The molecule has 27 heavy (non-hydrogen) atoms. The van der Waals surface area contributed by atoms with Gasteiger partial charge in [0.25, 0.3) is 5.91 Å². The van der Waals surface area contributed by atoms with Gasteiger partial charge in [-0.25, -0.2) is 8.42 Å². The van der Waals surface area contributed by atoms with Crippen molar-refractivity contribution in [3.63, 3.8) is 0 Å². The quantitative estimate of drug-likeness (QED) is 0.565. The normalized spacial score (nSPS) is 23.3. The van der Waals surface area contributed by atoms with E-state index in [1.165, 1.54) is 16.7 Å². The first-order valence-electron chi connectivity index (χ1n) is 8.56. The van der Waals surface area contributed by atoms with Crippen molar-refractivity contribution in [2.24, 2.45) is 0 Å². The summed E-state index contributed by atoms with van der Waals surface area (Å²) in [5.74, 6) is -0.0769. The molecular weight excluding hydrogens is 398 g/mol. The van der Waals surface area contributed by atoms with Crippen LogP contribution in [0.5, 0.6) is 0 Å². The van der Waals surface area contributed by atoms with Crippen molar-refractivity contribution in [3.05, 3.63) is 65.1 Å². The first kappa shape index (κ1) is 18.4. The fourth-order valence-corrected chi connectivity index (χ4v) is 6.43. The van der Waals surface area contributed by atoms with Gasteiger partial charge in [-0.1, -0.05) is 78.6 Å². The van der Waals surface area contributed by atoms with E-state index in [1.807, 2.05) is 48.5 Å². The summed E-state index contributed by atoms with van der Waals surface area (Å²) in [4.78, 5) is 14.8. The Hall–Kier alpha value is -1.96. The van der Waals surface area contributed by atoms with E-state index in [-0.39, 0.29) is 23.5 Å². The van der Waals surface area contributed by atoms with Gasteiger partial charge in [0.2, 0.25) is 0 Å². The van der Waals surface area contributed by atoms with Gasteiger partial charge in [-0.05, 0) is 29.2 Å². The molecule has 4 rings (SSSR count). The highest BCUT2D eigenvalue weighted by Gasteiger charge is 2.42. The van der Waals surface area contributed by atoms with E-state index in [9.17, 15) is 13.2 Å². The predicted molar refractivity (Wildman–Crippen MR) is 114 cm³/mol. The zero-order chi connectivity index (χ0) is 19.0. The van der Waals surface area contributed by atoms with Crippen molar-refractivity contribution in [2.75, 3.05) is 11.5 Å². The number of carbonyl (C=O) groups is 1. The van der Waals surface area contributed by atoms with Crippen LogP contribution >= 0.6 is 24.0 Å². The van der Waals surface area contributed by atoms with Crippen LogP contribution in [0.25, 0.3) is 17.2 Å². The van der Waals surface area contributed by atoms with E-state index in [0.29, 0.717) is 15.6 Å². The van der Waals surface area contributed by atoms with E-state index in [1.54, 1.807) is 0 Å². The molecule has 2 aromatic rings. The SMILES string of the molecule is O=C1/C(=C/c2ccc(-c3ccccc3)cc2)SC(=S)N1C1CCS(=O)(=O)C1. The van der Waals surface area contributed by atoms with Crippen molar-refractivity contribution in [1.82, 2.24) is 4.90 Å². The van der Waals surface area contributed by atoms with Crippen LogP contribution in [-0.4, -0.2) is 41.1 Å². The standard InChI is InChI=1S/C20H17NO3S3/c22-19-18(26-20(25)21(19)17-10-11-27(23,24)13-17)12-14-6-8-16(9-7-14)15-4-2-1-3-5-15/h1-9,12,17H,10-11,13H2/b18-12-. The van der Waals surface area contributed by atoms with Crippen LogP contribution in [0.2, 0.25) is 0 Å². The summed E-state index contributed by atoms with van der Waals surface area (Å²) in [5.41, 5.74) is 3.16. The minimum atomic E-state index is -3.07. The minimum absolute atomic E-state index is 0.00150. The van der Waals surface area contributed by atoms with Crippen molar-refractivity contribution in [1.29, 1.82) is 0 Å². The molecule has 4 nitrogen and oxygen atoms in total. The lowest BCUT2D eigenvalue weighted by atomic mass is 10.0. The van der Waals surface area contributed by atoms with Crippen LogP contribution in [0.15, 0.2) is 59.5 Å². The van der Waals surface area contributed by atoms with Crippen LogP contribution in [0.4, 0.5) is 0 Å². The second-order valence-electron chi connectivity index (χ2n) is 6.60. The number of amides is 1. The average Bonchev–Trinajstić information content (AvgIpc) is 3.14. The highest BCUT2D eigenvalue weighted by Crippen LogP contribution is 2.36. The van der Waals surface area contributed by atoms with Gasteiger partial charge in [0, 0.05) is 0 Å². The molecule has 0 aliphatic carbocycles. The lowest BCUT2D eigenvalue weighted by molar-refractivity contribution is -0.123. The van der Waals surface area contributed by atoms with Gasteiger partial charge in [-0.3, -0.25) is 9.69 Å². The maximum absolute atomic E-state index is 12.8. The monoisotopic (exact) mass is 415 g/mol. The third-order valence-electron chi connectivity index (χ3n) is 4.71. The number of carbonyl (C=O) groups excluding carboxylic acids is 1. The van der Waals surface area contributed by atoms with E-state index in [4.69, 9.17) is 12.2 Å². The number of thiocarbonyl (C=S) groups is 1. The van der Waals surface area contributed by atoms with Gasteiger partial charge in [0.05, 0.1) is 22.5 Å². The first-order valence-corrected chi connectivity index (χ1v) is 11.6. The van der Waals surface area contributed by atoms with E-state index in [2.05, 4.69) is 12.1 Å². The van der Waals surface area contributed by atoms with Crippen LogP contribution in [0.1, 0.15) is 12.0 Å². The zero-order valence-electron chi connectivity index (χ0n) is 14.4. The predicted octanol–water partition coefficient (Wildman–Crippen LogP) is 3.74. The van der Waals surface area contributed by atoms with Crippen molar-refractivity contribution in [2.45, 2.75) is 12.5 Å². The lowest BCUT2D eigenvalue weighted by Crippen LogP contribution is -2.39. The van der Waals surface area contributed by atoms with Gasteiger partial charge in [-0.2, -0.15) is 0 Å². The van der Waals surface area contributed by atoms with Gasteiger partial charge < -0.3 is 0 Å². The molecule has 0 saturated carbocycles. The Morgan fingerprint density at radius 1 is 1.04 bits per heavy atom. The molecule has 2 aliphatic rings. The molecule has 0 spiro atoms. The Morgan fingerprint density at radius 3 is 2.33 bits per heavy atom. The number of sulfone groups is 1. The molecule has 1 atom stereocenters. The maximum atomic E-state index is 12.8. The van der Waals surface area contributed by atoms with Crippen LogP contribution in [-0.2, 0) is 14.6 Å². The fraction of sp³-hybridized carbons (Fsp3) is 0.200. The van der Waals surface area contributed by atoms with Crippen molar-refractivity contribution >= 4 is 50.1 Å². The number of thioether (sulfide) groups is 1. The summed E-state index contributed by atoms with van der Waals surface area (Å²) in [6, 6.07) is 17.7. The van der Waals surface area contributed by atoms with Crippen molar-refractivity contribution in [3.8, 4) is 11.1 Å². The number of rotatable bonds is 3. The maximum Gasteiger partial charge on any atom is 0.266 e. The Bertz CT molecular complexity index is 1030. The minimum Gasteiger partial charge on any atom is -0.289 e. The van der Waals surface area contributed by atoms with Crippen LogP contribution in [0, 0.1) is 0 Å². The molecule has 0 radical (unpaired) electrons. The van der Waals surface area contributed by atoms with Crippen LogP contribution < -0.4 is 0 Å². The largest absolute Gasteiger partial charge is 0.289 e. The molecule has 0 N–H and O–H groups in total. The van der Waals surface area contributed by atoms with Gasteiger partial charge in [-0.15, -0.1) is 0 Å². The summed E-state index contributed by atoms with van der Waals surface area (Å²) in [6.07, 6.45) is 2.27. The molecule has 2 saturated heterocycles. The smallest absolute Gasteiger partial charge is 0.266 e. The molecule has 2 aliphatic heterocycles. The van der Waals surface area contributed by atoms with Crippen molar-refractivity contribution < 1.29 is 13.2 Å². The zero-order valence-corrected chi connectivity index (χ0v) is 16.8. The summed E-state index contributed by atoms with van der Waals surface area (Å²) in [6.45, 7) is 0. The fourth-order valence-electron chi connectivity index (χ4n) is 3.33. The molecule has 1 amide bonds. The molecule has 7 heteroatoms. The molecule has 0 bridgehead atoms. The highest BCUT2D eigenvalue weighted by molar-refractivity contribution is 8.26. The second-order valence-corrected chi connectivity index (χ2v) is 10.5. The first-order chi connectivity index (χ1) is 12.9. The summed E-state index contributed by atoms with van der Waals surface area (Å²) in [7, 11) is -3.07. The lowest BCUT2D eigenvalue weighted by Gasteiger charge is -2.20. The number of nitrogens with zero attached hydrogens (tertiary/aromatic N) is 1. The third-order valence-corrected chi connectivity index (χ3v) is 7.79. The number of hydrogen-bond donors (Lipinski definition) is 0. The van der Waals surface area contributed by atoms with E-state index in [0.717, 1.165) is 16.7 Å². The Morgan fingerprint density at radius 2 is 1.70 bits per heavy atom. The van der Waals surface area contributed by atoms with Gasteiger partial charge in [0.1, 0.15) is 4.32 Å². The second kappa shape index (κ2) is 7.22. The summed E-state index contributed by atoms with van der Waals surface area (Å²) >= 11 is 6.58. The Labute approximate surface area is 168 Å². The Kier molecular flexibility index (Phi) is 4.92. The Balaban J connectivity index is 1.54. The van der Waals surface area contributed by atoms with E-state index >= 15 is 0 Å². The number of benzene rings is 2. The molecule has 2 heterocycles.